The minimum Gasteiger partial charge on any atom is -0.478 e. The highest BCUT2D eigenvalue weighted by Crippen LogP contribution is 2.21. The van der Waals surface area contributed by atoms with E-state index in [1.165, 1.54) is 6.07 Å². The molecule has 0 spiro atoms. The lowest BCUT2D eigenvalue weighted by molar-refractivity contribution is 0.0696. The third-order valence-corrected chi connectivity index (χ3v) is 4.59. The summed E-state index contributed by atoms with van der Waals surface area (Å²) >= 11 is 0. The van der Waals surface area contributed by atoms with Crippen LogP contribution in [0, 0.1) is 6.92 Å². The van der Waals surface area contributed by atoms with Gasteiger partial charge >= 0.3 is 12.1 Å². The lowest BCUT2D eigenvalue weighted by Gasteiger charge is -2.31. The first-order chi connectivity index (χ1) is 13.9. The molecule has 0 radical (unpaired) electrons. The summed E-state index contributed by atoms with van der Waals surface area (Å²) in [7, 11) is 0. The Morgan fingerprint density at radius 1 is 1.21 bits per heavy atom. The number of nitrogens with one attached hydrogen (secondary N) is 2. The topological polar surface area (TPSA) is 117 Å². The zero-order valence-electron chi connectivity index (χ0n) is 16.5. The maximum atomic E-state index is 11.8. The standard InChI is InChI=1S/C20H25N5O4/c1-3-29-20(28)25-9-7-15(8-10-25)23-17-12-18(22-13(2)21-17)24-16-6-4-5-14(11-16)19(26)27/h4-6,11-12,15H,3,7-10H2,1-2H3,(H,26,27)(H2,21,22,23,24). The molecular weight excluding hydrogens is 374 g/mol. The molecule has 3 N–H and O–H groups in total. The number of carboxylic acids is 1. The molecule has 1 aliphatic heterocycles. The summed E-state index contributed by atoms with van der Waals surface area (Å²) in [5.74, 6) is 0.871. The number of piperidine rings is 1. The van der Waals surface area contributed by atoms with Crippen molar-refractivity contribution in [3.05, 3.63) is 41.7 Å². The minimum atomic E-state index is -0.982. The van der Waals surface area contributed by atoms with Gasteiger partial charge in [-0.05, 0) is 44.9 Å². The summed E-state index contributed by atoms with van der Waals surface area (Å²) in [5, 5.41) is 15.7. The Kier molecular flexibility index (Phi) is 6.48. The van der Waals surface area contributed by atoms with Gasteiger partial charge in [-0.2, -0.15) is 0 Å². The van der Waals surface area contributed by atoms with E-state index in [4.69, 9.17) is 9.84 Å². The van der Waals surface area contributed by atoms with Crippen molar-refractivity contribution in [1.29, 1.82) is 0 Å². The van der Waals surface area contributed by atoms with Gasteiger partial charge in [-0.3, -0.25) is 0 Å². The van der Waals surface area contributed by atoms with Crippen LogP contribution in [-0.2, 0) is 4.74 Å². The SMILES string of the molecule is CCOC(=O)N1CCC(Nc2cc(Nc3cccc(C(=O)O)c3)nc(C)n2)CC1. The van der Waals surface area contributed by atoms with Crippen molar-refractivity contribution in [2.75, 3.05) is 30.3 Å². The Morgan fingerprint density at radius 2 is 1.93 bits per heavy atom. The van der Waals surface area contributed by atoms with Gasteiger partial charge in [-0.15, -0.1) is 0 Å². The monoisotopic (exact) mass is 399 g/mol. The lowest BCUT2D eigenvalue weighted by atomic mass is 10.1. The molecule has 2 aromatic rings. The summed E-state index contributed by atoms with van der Waals surface area (Å²) < 4.78 is 5.05. The van der Waals surface area contributed by atoms with E-state index < -0.39 is 5.97 Å². The molecule has 154 valence electrons. The fourth-order valence-electron chi connectivity index (χ4n) is 3.21. The van der Waals surface area contributed by atoms with Gasteiger partial charge in [0, 0.05) is 30.9 Å². The van der Waals surface area contributed by atoms with Crippen LogP contribution in [0.25, 0.3) is 0 Å². The number of anilines is 3. The molecule has 0 atom stereocenters. The Labute approximate surface area is 169 Å². The minimum absolute atomic E-state index is 0.193. The molecule has 0 bridgehead atoms. The second-order valence-corrected chi connectivity index (χ2v) is 6.80. The van der Waals surface area contributed by atoms with Crippen LogP contribution < -0.4 is 10.6 Å². The summed E-state index contributed by atoms with van der Waals surface area (Å²) in [4.78, 5) is 33.5. The van der Waals surface area contributed by atoms with Crippen molar-refractivity contribution in [2.24, 2.45) is 0 Å². The van der Waals surface area contributed by atoms with Crippen LogP contribution in [0.1, 0.15) is 35.9 Å². The molecule has 0 aliphatic carbocycles. The van der Waals surface area contributed by atoms with E-state index in [1.807, 2.05) is 0 Å². The van der Waals surface area contributed by atoms with E-state index in [0.717, 1.165) is 12.8 Å². The number of carbonyl (C=O) groups excluding carboxylic acids is 1. The van der Waals surface area contributed by atoms with E-state index >= 15 is 0 Å². The zero-order valence-corrected chi connectivity index (χ0v) is 16.5. The van der Waals surface area contributed by atoms with Crippen molar-refractivity contribution in [1.82, 2.24) is 14.9 Å². The Balaban J connectivity index is 1.63. The van der Waals surface area contributed by atoms with E-state index in [2.05, 4.69) is 20.6 Å². The van der Waals surface area contributed by atoms with E-state index in [0.29, 0.717) is 42.8 Å². The second-order valence-electron chi connectivity index (χ2n) is 6.80. The molecule has 1 fully saturated rings. The number of aromatic carboxylic acids is 1. The normalized spacial score (nSPS) is 14.3. The molecule has 1 aliphatic rings. The van der Waals surface area contributed by atoms with Crippen LogP contribution >= 0.6 is 0 Å². The highest BCUT2D eigenvalue weighted by Gasteiger charge is 2.23. The van der Waals surface area contributed by atoms with Crippen molar-refractivity contribution in [3.63, 3.8) is 0 Å². The van der Waals surface area contributed by atoms with Crippen molar-refractivity contribution >= 4 is 29.4 Å². The van der Waals surface area contributed by atoms with E-state index in [-0.39, 0.29) is 17.7 Å². The molecule has 3 rings (SSSR count). The summed E-state index contributed by atoms with van der Waals surface area (Å²) in [6.07, 6.45) is 1.33. The van der Waals surface area contributed by atoms with Gasteiger partial charge in [0.1, 0.15) is 17.5 Å². The van der Waals surface area contributed by atoms with Crippen LogP contribution in [-0.4, -0.2) is 57.8 Å². The summed E-state index contributed by atoms with van der Waals surface area (Å²) in [6, 6.07) is 8.53. The first-order valence-corrected chi connectivity index (χ1v) is 9.59. The number of likely N-dealkylation sites (tertiary alicyclic amines) is 1. The fourth-order valence-corrected chi connectivity index (χ4v) is 3.21. The van der Waals surface area contributed by atoms with Gasteiger partial charge in [0.25, 0.3) is 0 Å². The van der Waals surface area contributed by atoms with Gasteiger partial charge in [0.15, 0.2) is 0 Å². The molecule has 0 unspecified atom stereocenters. The number of hydrogen-bond donors (Lipinski definition) is 3. The van der Waals surface area contributed by atoms with Gasteiger partial charge in [0.05, 0.1) is 12.2 Å². The predicted molar refractivity (Wildman–Crippen MR) is 109 cm³/mol. The average molecular weight is 399 g/mol. The van der Waals surface area contributed by atoms with Crippen molar-refractivity contribution < 1.29 is 19.4 Å². The van der Waals surface area contributed by atoms with Crippen LogP contribution in [0.5, 0.6) is 0 Å². The smallest absolute Gasteiger partial charge is 0.409 e. The molecule has 9 nitrogen and oxygen atoms in total. The Morgan fingerprint density at radius 3 is 2.62 bits per heavy atom. The number of aromatic nitrogens is 2. The maximum absolute atomic E-state index is 11.8. The largest absolute Gasteiger partial charge is 0.478 e. The molecule has 0 saturated carbocycles. The average Bonchev–Trinajstić information content (AvgIpc) is 2.68. The van der Waals surface area contributed by atoms with Gasteiger partial charge in [-0.1, -0.05) is 6.07 Å². The fraction of sp³-hybridized carbons (Fsp3) is 0.400. The van der Waals surface area contributed by atoms with Crippen LogP contribution in [0.4, 0.5) is 22.1 Å². The van der Waals surface area contributed by atoms with E-state index in [1.54, 1.807) is 43.0 Å². The number of hydrogen-bond acceptors (Lipinski definition) is 7. The van der Waals surface area contributed by atoms with Crippen molar-refractivity contribution in [2.45, 2.75) is 32.7 Å². The number of aryl methyl sites for hydroxylation is 1. The molecular formula is C20H25N5O4. The second kappa shape index (κ2) is 9.22. The Bertz CT molecular complexity index is 881. The van der Waals surface area contributed by atoms with Gasteiger partial charge < -0.3 is 25.4 Å². The molecule has 29 heavy (non-hydrogen) atoms. The Hall–Kier alpha value is -3.36. The third-order valence-electron chi connectivity index (χ3n) is 4.59. The molecule has 9 heteroatoms. The zero-order chi connectivity index (χ0) is 20.8. The molecule has 1 saturated heterocycles. The third kappa shape index (κ3) is 5.56. The lowest BCUT2D eigenvalue weighted by Crippen LogP contribution is -2.42. The first-order valence-electron chi connectivity index (χ1n) is 9.59. The maximum Gasteiger partial charge on any atom is 0.409 e. The van der Waals surface area contributed by atoms with Crippen LogP contribution in [0.15, 0.2) is 30.3 Å². The number of benzene rings is 1. The highest BCUT2D eigenvalue weighted by atomic mass is 16.6. The van der Waals surface area contributed by atoms with Gasteiger partial charge in [0.2, 0.25) is 0 Å². The number of carboxylic acid groups (broad SMARTS) is 1. The predicted octanol–water partition coefficient (Wildman–Crippen LogP) is 3.26. The quantitative estimate of drug-likeness (QED) is 0.678. The molecule has 1 amide bonds. The van der Waals surface area contributed by atoms with Crippen molar-refractivity contribution in [3.8, 4) is 0 Å². The van der Waals surface area contributed by atoms with E-state index in [9.17, 15) is 9.59 Å². The van der Waals surface area contributed by atoms with Gasteiger partial charge in [-0.25, -0.2) is 19.6 Å². The summed E-state index contributed by atoms with van der Waals surface area (Å²) in [6.45, 7) is 5.24. The van der Waals surface area contributed by atoms with Crippen LogP contribution in [0.2, 0.25) is 0 Å². The number of rotatable bonds is 6. The summed E-state index contributed by atoms with van der Waals surface area (Å²) in [5.41, 5.74) is 0.837. The highest BCUT2D eigenvalue weighted by molar-refractivity contribution is 5.89. The number of nitrogens with zero attached hydrogens (tertiary/aromatic N) is 3. The number of amides is 1. The molecule has 1 aromatic heterocycles. The first kappa shape index (κ1) is 20.4. The number of carbonyl (C=O) groups is 2. The van der Waals surface area contributed by atoms with Crippen LogP contribution in [0.3, 0.4) is 0 Å². The number of ether oxygens (including phenoxy) is 1. The molecule has 1 aromatic carbocycles. The molecule has 2 heterocycles.